The SMILES string of the molecule is CCNC(=NCCN(CC)C1CC1)N1CCC(OCC)CC1.I. The van der Waals surface area contributed by atoms with E-state index in [4.69, 9.17) is 9.73 Å². The van der Waals surface area contributed by atoms with E-state index in [2.05, 4.69) is 35.9 Å². The Balaban J connectivity index is 0.00000264. The van der Waals surface area contributed by atoms with Gasteiger partial charge in [-0.15, -0.1) is 24.0 Å². The smallest absolute Gasteiger partial charge is 0.193 e. The fraction of sp³-hybridized carbons (Fsp3) is 0.941. The Morgan fingerprint density at radius 3 is 2.39 bits per heavy atom. The van der Waals surface area contributed by atoms with E-state index in [0.29, 0.717) is 6.10 Å². The Kier molecular flexibility index (Phi) is 10.5. The van der Waals surface area contributed by atoms with Crippen LogP contribution in [0.5, 0.6) is 0 Å². The van der Waals surface area contributed by atoms with Crippen LogP contribution in [0.2, 0.25) is 0 Å². The van der Waals surface area contributed by atoms with Crippen molar-refractivity contribution in [2.24, 2.45) is 4.99 Å². The van der Waals surface area contributed by atoms with E-state index < -0.39 is 0 Å². The molecule has 0 aromatic rings. The van der Waals surface area contributed by atoms with Gasteiger partial charge in [0, 0.05) is 38.8 Å². The van der Waals surface area contributed by atoms with Crippen molar-refractivity contribution in [2.75, 3.05) is 45.9 Å². The summed E-state index contributed by atoms with van der Waals surface area (Å²) in [6.45, 7) is 13.5. The van der Waals surface area contributed by atoms with Crippen LogP contribution in [0.15, 0.2) is 4.99 Å². The monoisotopic (exact) mass is 438 g/mol. The van der Waals surface area contributed by atoms with Crippen LogP contribution in [0.25, 0.3) is 0 Å². The van der Waals surface area contributed by atoms with Crippen LogP contribution in [0, 0.1) is 0 Å². The molecular weight excluding hydrogens is 403 g/mol. The van der Waals surface area contributed by atoms with Crippen LogP contribution in [0.4, 0.5) is 0 Å². The molecule has 1 saturated carbocycles. The van der Waals surface area contributed by atoms with Crippen LogP contribution in [0.3, 0.4) is 0 Å². The number of nitrogens with zero attached hydrogens (tertiary/aromatic N) is 3. The fourth-order valence-electron chi connectivity index (χ4n) is 3.22. The molecule has 1 aliphatic heterocycles. The summed E-state index contributed by atoms with van der Waals surface area (Å²) >= 11 is 0. The van der Waals surface area contributed by atoms with Gasteiger partial charge < -0.3 is 15.0 Å². The van der Waals surface area contributed by atoms with E-state index in [1.165, 1.54) is 12.8 Å². The molecule has 2 fully saturated rings. The molecule has 2 rings (SSSR count). The molecule has 0 unspecified atom stereocenters. The highest BCUT2D eigenvalue weighted by atomic mass is 127. The predicted octanol–water partition coefficient (Wildman–Crippen LogP) is 2.56. The zero-order valence-corrected chi connectivity index (χ0v) is 17.4. The molecule has 0 atom stereocenters. The van der Waals surface area contributed by atoms with Gasteiger partial charge in [-0.3, -0.25) is 9.89 Å². The van der Waals surface area contributed by atoms with Gasteiger partial charge in [-0.25, -0.2) is 0 Å². The van der Waals surface area contributed by atoms with Crippen molar-refractivity contribution in [1.82, 2.24) is 15.1 Å². The van der Waals surface area contributed by atoms with E-state index in [-0.39, 0.29) is 24.0 Å². The van der Waals surface area contributed by atoms with Crippen molar-refractivity contribution in [2.45, 2.75) is 58.6 Å². The second kappa shape index (κ2) is 11.5. The molecule has 6 heteroatoms. The van der Waals surface area contributed by atoms with Crippen LogP contribution in [-0.4, -0.2) is 73.8 Å². The second-order valence-electron chi connectivity index (χ2n) is 6.24. The summed E-state index contributed by atoms with van der Waals surface area (Å²) in [5, 5.41) is 3.45. The molecule has 136 valence electrons. The van der Waals surface area contributed by atoms with Gasteiger partial charge in [0.2, 0.25) is 0 Å². The number of piperidine rings is 1. The molecular formula is C17H35IN4O. The lowest BCUT2D eigenvalue weighted by molar-refractivity contribution is 0.0263. The number of halogens is 1. The molecule has 1 N–H and O–H groups in total. The van der Waals surface area contributed by atoms with Crippen LogP contribution >= 0.6 is 24.0 Å². The van der Waals surface area contributed by atoms with E-state index in [1.807, 2.05) is 0 Å². The van der Waals surface area contributed by atoms with Crippen molar-refractivity contribution in [1.29, 1.82) is 0 Å². The summed E-state index contributed by atoms with van der Waals surface area (Å²) in [4.78, 5) is 9.81. The fourth-order valence-corrected chi connectivity index (χ4v) is 3.22. The standard InChI is InChI=1S/C17H34N4O.HI/c1-4-18-17(19-11-14-20(5-2)15-7-8-15)21-12-9-16(10-13-21)22-6-3;/h15-16H,4-14H2,1-3H3,(H,18,19);1H. The first-order valence-electron chi connectivity index (χ1n) is 9.17. The quantitative estimate of drug-likeness (QED) is 0.359. The zero-order chi connectivity index (χ0) is 15.8. The Morgan fingerprint density at radius 2 is 1.87 bits per heavy atom. The van der Waals surface area contributed by atoms with Crippen molar-refractivity contribution in [3.8, 4) is 0 Å². The number of likely N-dealkylation sites (N-methyl/N-ethyl adjacent to an activating group) is 1. The highest BCUT2D eigenvalue weighted by Gasteiger charge is 2.27. The molecule has 0 bridgehead atoms. The largest absolute Gasteiger partial charge is 0.378 e. The van der Waals surface area contributed by atoms with Gasteiger partial charge in [0.25, 0.3) is 0 Å². The third-order valence-electron chi connectivity index (χ3n) is 4.60. The van der Waals surface area contributed by atoms with E-state index >= 15 is 0 Å². The lowest BCUT2D eigenvalue weighted by Gasteiger charge is -2.34. The van der Waals surface area contributed by atoms with Crippen molar-refractivity contribution in [3.05, 3.63) is 0 Å². The van der Waals surface area contributed by atoms with Gasteiger partial charge in [-0.05, 0) is 46.1 Å². The van der Waals surface area contributed by atoms with Gasteiger partial charge >= 0.3 is 0 Å². The van der Waals surface area contributed by atoms with Crippen LogP contribution < -0.4 is 5.32 Å². The van der Waals surface area contributed by atoms with Gasteiger partial charge in [0.15, 0.2) is 5.96 Å². The van der Waals surface area contributed by atoms with Gasteiger partial charge in [-0.1, -0.05) is 6.92 Å². The Hall–Kier alpha value is -0.0800. The number of aliphatic imine (C=N–C) groups is 1. The summed E-state index contributed by atoms with van der Waals surface area (Å²) in [6.07, 6.45) is 5.42. The number of hydrogen-bond acceptors (Lipinski definition) is 3. The first-order valence-corrected chi connectivity index (χ1v) is 9.17. The minimum Gasteiger partial charge on any atom is -0.378 e. The normalized spacial score (nSPS) is 19.8. The number of likely N-dealkylation sites (tertiary alicyclic amines) is 1. The topological polar surface area (TPSA) is 40.1 Å². The number of nitrogens with one attached hydrogen (secondary N) is 1. The summed E-state index contributed by atoms with van der Waals surface area (Å²) in [6, 6.07) is 0.838. The van der Waals surface area contributed by atoms with Crippen molar-refractivity contribution in [3.63, 3.8) is 0 Å². The summed E-state index contributed by atoms with van der Waals surface area (Å²) in [7, 11) is 0. The maximum absolute atomic E-state index is 5.74. The van der Waals surface area contributed by atoms with Gasteiger partial charge in [0.1, 0.15) is 0 Å². The third-order valence-corrected chi connectivity index (χ3v) is 4.60. The highest BCUT2D eigenvalue weighted by Crippen LogP contribution is 2.26. The highest BCUT2D eigenvalue weighted by molar-refractivity contribution is 14.0. The molecule has 0 aromatic heterocycles. The number of ether oxygens (including phenoxy) is 1. The Morgan fingerprint density at radius 1 is 1.17 bits per heavy atom. The molecule has 0 aromatic carbocycles. The van der Waals surface area contributed by atoms with Crippen molar-refractivity contribution < 1.29 is 4.74 Å². The minimum absolute atomic E-state index is 0. The van der Waals surface area contributed by atoms with Gasteiger partial charge in [0.05, 0.1) is 12.6 Å². The third kappa shape index (κ3) is 7.13. The minimum atomic E-state index is 0. The first-order chi connectivity index (χ1) is 10.8. The number of guanidine groups is 1. The molecule has 0 amide bonds. The summed E-state index contributed by atoms with van der Waals surface area (Å²) in [5.41, 5.74) is 0. The van der Waals surface area contributed by atoms with E-state index in [0.717, 1.165) is 70.7 Å². The Bertz CT molecular complexity index is 341. The van der Waals surface area contributed by atoms with Crippen LogP contribution in [-0.2, 0) is 4.74 Å². The lowest BCUT2D eigenvalue weighted by Crippen LogP contribution is -2.47. The maximum atomic E-state index is 5.74. The summed E-state index contributed by atoms with van der Waals surface area (Å²) in [5.74, 6) is 1.09. The van der Waals surface area contributed by atoms with E-state index in [9.17, 15) is 0 Å². The second-order valence-corrected chi connectivity index (χ2v) is 6.24. The first kappa shape index (κ1) is 21.0. The molecule has 1 saturated heterocycles. The number of rotatable bonds is 8. The predicted molar refractivity (Wildman–Crippen MR) is 108 cm³/mol. The molecule has 23 heavy (non-hydrogen) atoms. The average molecular weight is 438 g/mol. The van der Waals surface area contributed by atoms with Gasteiger partial charge in [-0.2, -0.15) is 0 Å². The molecule has 0 radical (unpaired) electrons. The maximum Gasteiger partial charge on any atom is 0.193 e. The zero-order valence-electron chi connectivity index (χ0n) is 15.1. The molecule has 1 heterocycles. The van der Waals surface area contributed by atoms with E-state index in [1.54, 1.807) is 0 Å². The lowest BCUT2D eigenvalue weighted by atomic mass is 10.1. The Labute approximate surface area is 159 Å². The van der Waals surface area contributed by atoms with Crippen LogP contribution in [0.1, 0.15) is 46.5 Å². The summed E-state index contributed by atoms with van der Waals surface area (Å²) < 4.78 is 5.74. The molecule has 1 aliphatic carbocycles. The molecule has 5 nitrogen and oxygen atoms in total. The molecule has 0 spiro atoms. The number of hydrogen-bond donors (Lipinski definition) is 1. The average Bonchev–Trinajstić information content (AvgIpc) is 3.36. The molecule has 2 aliphatic rings. The van der Waals surface area contributed by atoms with Crippen molar-refractivity contribution >= 4 is 29.9 Å².